The highest BCUT2D eigenvalue weighted by molar-refractivity contribution is 6.08. The maximum atomic E-state index is 5.79. The summed E-state index contributed by atoms with van der Waals surface area (Å²) in [5, 5.41) is 1.10. The molecule has 4 heterocycles. The van der Waals surface area contributed by atoms with Crippen molar-refractivity contribution >= 4 is 27.6 Å². The molecule has 6 rings (SSSR count). The number of nitrogens with zero attached hydrogens (tertiary/aromatic N) is 6. The van der Waals surface area contributed by atoms with E-state index < -0.39 is 0 Å². The number of fused-ring (bicyclic) bond motifs is 3. The Bertz CT molecular complexity index is 1340. The first-order chi connectivity index (χ1) is 17.7. The van der Waals surface area contributed by atoms with Crippen LogP contribution in [-0.2, 0) is 11.3 Å². The van der Waals surface area contributed by atoms with Crippen molar-refractivity contribution in [2.75, 3.05) is 78.1 Å². The van der Waals surface area contributed by atoms with Crippen LogP contribution in [0.2, 0.25) is 0 Å². The molecule has 0 bridgehead atoms. The third-order valence-electron chi connectivity index (χ3n) is 7.48. The van der Waals surface area contributed by atoms with Gasteiger partial charge in [-0.1, -0.05) is 30.3 Å². The molecule has 188 valence electrons. The third-order valence-corrected chi connectivity index (χ3v) is 7.48. The van der Waals surface area contributed by atoms with Gasteiger partial charge < -0.3 is 19.3 Å². The Labute approximate surface area is 212 Å². The number of ether oxygens (including phenoxy) is 2. The Morgan fingerprint density at radius 2 is 1.61 bits per heavy atom. The first kappa shape index (κ1) is 23.2. The van der Waals surface area contributed by atoms with Gasteiger partial charge in [0.15, 0.2) is 0 Å². The highest BCUT2D eigenvalue weighted by Crippen LogP contribution is 2.35. The molecule has 0 aliphatic carbocycles. The minimum atomic E-state index is 0.631. The van der Waals surface area contributed by atoms with Gasteiger partial charge >= 0.3 is 0 Å². The lowest BCUT2D eigenvalue weighted by Gasteiger charge is -2.34. The van der Waals surface area contributed by atoms with Crippen molar-refractivity contribution in [1.82, 2.24) is 24.3 Å². The summed E-state index contributed by atoms with van der Waals surface area (Å²) in [7, 11) is 3.89. The number of rotatable bonds is 6. The van der Waals surface area contributed by atoms with Crippen LogP contribution in [0.4, 0.5) is 5.69 Å². The Morgan fingerprint density at radius 3 is 2.36 bits per heavy atom. The van der Waals surface area contributed by atoms with Gasteiger partial charge in [-0.2, -0.15) is 4.98 Å². The molecule has 2 aromatic heterocycles. The maximum absolute atomic E-state index is 5.79. The molecule has 2 aromatic carbocycles. The summed E-state index contributed by atoms with van der Waals surface area (Å²) in [6.07, 6.45) is 0. The number of methoxy groups -OCH3 is 1. The number of benzene rings is 2. The summed E-state index contributed by atoms with van der Waals surface area (Å²) < 4.78 is 13.5. The van der Waals surface area contributed by atoms with E-state index in [1.165, 1.54) is 5.69 Å². The largest absolute Gasteiger partial charge is 0.468 e. The molecule has 0 saturated carbocycles. The minimum absolute atomic E-state index is 0.631. The predicted octanol–water partition coefficient (Wildman–Crippen LogP) is 3.34. The molecule has 0 radical (unpaired) electrons. The number of anilines is 1. The predicted molar refractivity (Wildman–Crippen MR) is 144 cm³/mol. The van der Waals surface area contributed by atoms with E-state index in [-0.39, 0.29) is 0 Å². The average Bonchev–Trinajstić information content (AvgIpc) is 3.31. The molecule has 0 spiro atoms. The van der Waals surface area contributed by atoms with Crippen LogP contribution in [-0.4, -0.2) is 97.5 Å². The molecule has 4 aromatic rings. The molecule has 0 N–H and O–H groups in total. The van der Waals surface area contributed by atoms with Gasteiger partial charge in [0.2, 0.25) is 0 Å². The second-order valence-electron chi connectivity index (χ2n) is 9.72. The van der Waals surface area contributed by atoms with Crippen molar-refractivity contribution < 1.29 is 9.47 Å². The van der Waals surface area contributed by atoms with E-state index in [0.29, 0.717) is 6.01 Å². The van der Waals surface area contributed by atoms with Crippen molar-refractivity contribution in [3.05, 3.63) is 48.5 Å². The van der Waals surface area contributed by atoms with Crippen molar-refractivity contribution in [1.29, 1.82) is 0 Å². The number of hydrogen-bond donors (Lipinski definition) is 0. The molecule has 0 amide bonds. The lowest BCUT2D eigenvalue weighted by atomic mass is 10.1. The van der Waals surface area contributed by atoms with Crippen molar-refractivity contribution in [2.45, 2.75) is 6.54 Å². The fourth-order valence-electron chi connectivity index (χ4n) is 5.34. The summed E-state index contributed by atoms with van der Waals surface area (Å²) >= 11 is 0. The SMILES string of the molecule is COc1nc2c(-c3ccc(N4CCN(C)CC4)cc3)nc3ccccc3c2n1CCN1CCOCC1. The minimum Gasteiger partial charge on any atom is -0.468 e. The highest BCUT2D eigenvalue weighted by atomic mass is 16.5. The monoisotopic (exact) mass is 486 g/mol. The van der Waals surface area contributed by atoms with E-state index in [1.807, 2.05) is 6.07 Å². The fourth-order valence-corrected chi connectivity index (χ4v) is 5.34. The zero-order valence-electron chi connectivity index (χ0n) is 21.2. The van der Waals surface area contributed by atoms with Gasteiger partial charge in [-0.25, -0.2) is 4.98 Å². The summed E-state index contributed by atoms with van der Waals surface area (Å²) in [5.74, 6) is 0. The standard InChI is InChI=1S/C28H34N6O2/c1-31-11-14-33(15-12-31)22-9-7-21(8-10-22)25-26-27(23-5-3-4-6-24(23)29-25)34(28(30-26)35-2)16-13-32-17-19-36-20-18-32/h3-10H,11-20H2,1-2H3. The fraction of sp³-hybridized carbons (Fsp3) is 0.429. The molecule has 2 aliphatic heterocycles. The van der Waals surface area contributed by atoms with E-state index in [9.17, 15) is 0 Å². The van der Waals surface area contributed by atoms with Crippen molar-refractivity contribution in [2.24, 2.45) is 0 Å². The molecular formula is C28H34N6O2. The van der Waals surface area contributed by atoms with Gasteiger partial charge in [0.05, 0.1) is 37.1 Å². The van der Waals surface area contributed by atoms with Crippen molar-refractivity contribution in [3.8, 4) is 17.3 Å². The summed E-state index contributed by atoms with van der Waals surface area (Å²) in [5.41, 5.74) is 6.18. The van der Waals surface area contributed by atoms with Gasteiger partial charge in [0, 0.05) is 69.0 Å². The van der Waals surface area contributed by atoms with Crippen LogP contribution in [0.5, 0.6) is 6.01 Å². The second kappa shape index (κ2) is 10.0. The topological polar surface area (TPSA) is 58.9 Å². The molecule has 8 heteroatoms. The number of hydrogen-bond acceptors (Lipinski definition) is 7. The molecular weight excluding hydrogens is 452 g/mol. The maximum Gasteiger partial charge on any atom is 0.297 e. The lowest BCUT2D eigenvalue weighted by Crippen LogP contribution is -2.44. The van der Waals surface area contributed by atoms with E-state index >= 15 is 0 Å². The number of likely N-dealkylation sites (N-methyl/N-ethyl adjacent to an activating group) is 1. The first-order valence-corrected chi connectivity index (χ1v) is 12.9. The molecule has 0 atom stereocenters. The number of morpholine rings is 1. The van der Waals surface area contributed by atoms with Crippen LogP contribution in [0.3, 0.4) is 0 Å². The Hall–Kier alpha value is -3.20. The Morgan fingerprint density at radius 1 is 0.861 bits per heavy atom. The Balaban J connectivity index is 1.40. The van der Waals surface area contributed by atoms with Crippen LogP contribution >= 0.6 is 0 Å². The summed E-state index contributed by atoms with van der Waals surface area (Å²) in [4.78, 5) is 17.3. The smallest absolute Gasteiger partial charge is 0.297 e. The number of imidazole rings is 1. The van der Waals surface area contributed by atoms with Crippen LogP contribution in [0.1, 0.15) is 0 Å². The highest BCUT2D eigenvalue weighted by Gasteiger charge is 2.21. The van der Waals surface area contributed by atoms with Crippen LogP contribution < -0.4 is 9.64 Å². The number of pyridine rings is 1. The van der Waals surface area contributed by atoms with Gasteiger partial charge in [-0.15, -0.1) is 0 Å². The second-order valence-corrected chi connectivity index (χ2v) is 9.72. The third kappa shape index (κ3) is 4.40. The molecule has 2 saturated heterocycles. The number of piperazine rings is 1. The van der Waals surface area contributed by atoms with Gasteiger partial charge in [-0.3, -0.25) is 9.47 Å². The summed E-state index contributed by atoms with van der Waals surface area (Å²) in [6, 6.07) is 17.8. The number of para-hydroxylation sites is 1. The lowest BCUT2D eigenvalue weighted by molar-refractivity contribution is 0.0363. The van der Waals surface area contributed by atoms with E-state index in [0.717, 1.165) is 98.8 Å². The number of aromatic nitrogens is 3. The van der Waals surface area contributed by atoms with E-state index in [1.54, 1.807) is 7.11 Å². The van der Waals surface area contributed by atoms with E-state index in [4.69, 9.17) is 19.4 Å². The first-order valence-electron chi connectivity index (χ1n) is 12.9. The normalized spacial score (nSPS) is 17.8. The molecule has 36 heavy (non-hydrogen) atoms. The van der Waals surface area contributed by atoms with E-state index in [2.05, 4.69) is 68.8 Å². The quantitative estimate of drug-likeness (QED) is 0.414. The zero-order valence-corrected chi connectivity index (χ0v) is 21.2. The molecule has 0 unspecified atom stereocenters. The summed E-state index contributed by atoms with van der Waals surface area (Å²) in [6.45, 7) is 9.53. The Kier molecular flexibility index (Phi) is 6.48. The molecule has 8 nitrogen and oxygen atoms in total. The molecule has 2 aliphatic rings. The molecule has 2 fully saturated rings. The van der Waals surface area contributed by atoms with Crippen LogP contribution in [0.15, 0.2) is 48.5 Å². The van der Waals surface area contributed by atoms with Gasteiger partial charge in [0.1, 0.15) is 5.52 Å². The van der Waals surface area contributed by atoms with Crippen molar-refractivity contribution in [3.63, 3.8) is 0 Å². The zero-order chi connectivity index (χ0) is 24.5. The van der Waals surface area contributed by atoms with Crippen LogP contribution in [0, 0.1) is 0 Å². The van der Waals surface area contributed by atoms with Crippen LogP contribution in [0.25, 0.3) is 33.2 Å². The average molecular weight is 487 g/mol. The van der Waals surface area contributed by atoms with Gasteiger partial charge in [-0.05, 0) is 25.2 Å². The van der Waals surface area contributed by atoms with Gasteiger partial charge in [0.25, 0.3) is 6.01 Å².